The van der Waals surface area contributed by atoms with Gasteiger partial charge in [-0.1, -0.05) is 17.3 Å². The number of nitriles is 1. The molecule has 24 N–H and O–H groups in total. The van der Waals surface area contributed by atoms with E-state index in [2.05, 4.69) is 9.99 Å². The number of amides is 5. The zero-order valence-electron chi connectivity index (χ0n) is 80.3. The fraction of sp³-hybridized carbons (Fsp3) is 0.353. The molecule has 2 heterocycles. The number of nitrogens with zero attached hydrogens (tertiary/aromatic N) is 7. The van der Waals surface area contributed by atoms with Gasteiger partial charge < -0.3 is 128 Å². The first kappa shape index (κ1) is 103. The van der Waals surface area contributed by atoms with Crippen LogP contribution in [-0.2, 0) is 92.8 Å². The summed E-state index contributed by atoms with van der Waals surface area (Å²) in [4.78, 5) is 193. The first-order chi connectivity index (χ1) is 69.0. The fourth-order valence-electron chi connectivity index (χ4n) is 23.8. The molecule has 768 valence electrons. The lowest BCUT2D eigenvalue weighted by molar-refractivity contribution is -0.155. The van der Waals surface area contributed by atoms with Crippen molar-refractivity contribution in [3.8, 4) is 63.0 Å². The lowest BCUT2D eigenvalue weighted by Gasteiger charge is -2.50. The van der Waals surface area contributed by atoms with Crippen molar-refractivity contribution in [2.24, 2.45) is 75.4 Å². The smallest absolute Gasteiger partial charge is 0.294 e. The minimum absolute atomic E-state index is 0.00917. The Balaban J connectivity index is 0.000000140. The summed E-state index contributed by atoms with van der Waals surface area (Å²) in [6.07, 6.45) is 1.55. The molecule has 0 bridgehead atoms. The third-order valence-corrected chi connectivity index (χ3v) is 30.2. The number of Topliss-reactive ketones (excluding diaryl/α,β-unsaturated/α-hetero) is 9. The molecule has 0 saturated heterocycles. The number of phenolic OH excluding ortho intramolecular Hbond substituents is 4. The highest BCUT2D eigenvalue weighted by Gasteiger charge is 2.70. The van der Waals surface area contributed by atoms with Gasteiger partial charge in [0.05, 0.1) is 58.1 Å². The van der Waals surface area contributed by atoms with E-state index in [-0.39, 0.29) is 137 Å². The van der Waals surface area contributed by atoms with Gasteiger partial charge >= 0.3 is 0 Å². The van der Waals surface area contributed by atoms with Crippen molar-refractivity contribution in [2.75, 3.05) is 84.4 Å². The van der Waals surface area contributed by atoms with Gasteiger partial charge in [0.15, 0.2) is 57.0 Å². The van der Waals surface area contributed by atoms with Crippen LogP contribution < -0.4 is 32.4 Å². The number of fused-ring (bicyclic) bond motifs is 13. The van der Waals surface area contributed by atoms with Crippen molar-refractivity contribution in [3.05, 3.63) is 208 Å². The molecule has 4 fully saturated rings. The van der Waals surface area contributed by atoms with Gasteiger partial charge in [-0.15, -0.1) is 0 Å². The lowest BCUT2D eigenvalue weighted by atomic mass is 9.57. The molecule has 1 aromatic heterocycles. The number of aromatic hydroxyl groups is 4. The molecule has 5 amide bonds. The molecule has 12 aliphatic carbocycles. The average Bonchev–Trinajstić information content (AvgIpc) is 1.02. The third kappa shape index (κ3) is 15.4. The van der Waals surface area contributed by atoms with Crippen LogP contribution in [0.25, 0.3) is 45.5 Å². The molecule has 16 atom stereocenters. The topological polar surface area (TPSA) is 760 Å². The highest BCUT2D eigenvalue weighted by molar-refractivity contribution is 6.43. The molecule has 45 nitrogen and oxygen atoms in total. The summed E-state index contributed by atoms with van der Waals surface area (Å²) >= 11 is 0. The van der Waals surface area contributed by atoms with Crippen molar-refractivity contribution in [3.63, 3.8) is 0 Å². The van der Waals surface area contributed by atoms with E-state index in [9.17, 15) is 154 Å². The number of carbonyl (C=O) groups is 14. The molecule has 19 rings (SSSR count). The number of rotatable bonds is 14. The van der Waals surface area contributed by atoms with Crippen LogP contribution in [0.1, 0.15) is 91.9 Å². The number of ketones is 9. The Bertz CT molecular complexity index is 7330. The van der Waals surface area contributed by atoms with Gasteiger partial charge in [0, 0.05) is 71.2 Å². The van der Waals surface area contributed by atoms with E-state index < -0.39 is 250 Å². The summed E-state index contributed by atoms with van der Waals surface area (Å²) < 4.78 is 16.7. The number of aliphatic hydroxyl groups excluding tert-OH is 8. The number of hydrogen-bond donors (Lipinski definition) is 20. The second-order valence-electron chi connectivity index (χ2n) is 39.1. The van der Waals surface area contributed by atoms with Crippen molar-refractivity contribution < 1.29 is 168 Å². The molecule has 6 aromatic rings. The van der Waals surface area contributed by atoms with Gasteiger partial charge in [-0.05, 0) is 232 Å². The van der Waals surface area contributed by atoms with Gasteiger partial charge in [0.1, 0.15) is 116 Å². The van der Waals surface area contributed by atoms with E-state index in [4.69, 9.17) is 36.8 Å². The number of nitrogens with two attached hydrogens (primary N) is 4. The zero-order chi connectivity index (χ0) is 108. The first-order valence-electron chi connectivity index (χ1n) is 45.7. The van der Waals surface area contributed by atoms with E-state index in [1.165, 1.54) is 106 Å². The normalized spacial score (nSPS) is 27.6. The maximum atomic E-state index is 13.9. The van der Waals surface area contributed by atoms with E-state index >= 15 is 0 Å². The number of aliphatic hydroxyl groups is 12. The average molecular weight is 2020 g/mol. The summed E-state index contributed by atoms with van der Waals surface area (Å²) in [5.74, 6) is -28.6. The maximum absolute atomic E-state index is 13.9. The summed E-state index contributed by atoms with van der Waals surface area (Å²) in [6.45, 7) is 0.0956. The molecule has 5 aromatic carbocycles. The minimum Gasteiger partial charge on any atom is -0.508 e. The number of benzene rings is 5. The van der Waals surface area contributed by atoms with Crippen molar-refractivity contribution in [1.82, 2.24) is 24.5 Å². The summed E-state index contributed by atoms with van der Waals surface area (Å²) in [5.41, 5.74) is 9.29. The number of primary amides is 4. The van der Waals surface area contributed by atoms with Gasteiger partial charge in [0.25, 0.3) is 35.3 Å². The Labute approximate surface area is 832 Å². The van der Waals surface area contributed by atoms with Crippen LogP contribution in [0.2, 0.25) is 0 Å². The van der Waals surface area contributed by atoms with E-state index in [1.54, 1.807) is 64.6 Å². The molecule has 147 heavy (non-hydrogen) atoms. The number of ether oxygens (including phenoxy) is 2. The highest BCUT2D eigenvalue weighted by atomic mass is 16.7. The summed E-state index contributed by atoms with van der Waals surface area (Å²) in [7, 11) is 16.4. The van der Waals surface area contributed by atoms with E-state index in [1.807, 2.05) is 12.1 Å². The van der Waals surface area contributed by atoms with E-state index in [0.717, 1.165) is 16.5 Å². The molecule has 2 unspecified atom stereocenters. The zero-order valence-corrected chi connectivity index (χ0v) is 80.3. The van der Waals surface area contributed by atoms with Gasteiger partial charge in [0.2, 0.25) is 29.9 Å². The number of hydrogen-bond acceptors (Lipinski definition) is 40. The Morgan fingerprint density at radius 2 is 0.735 bits per heavy atom. The quantitative estimate of drug-likeness (QED) is 0.0242. The standard InChI is InChI=1S/C28H26N2O9.C27H27N3O9.C25H27N3O9.C22H21N3O7/c1-30(2)22-15-8-12-7-14-13(11-3-6-17-18(9-11)39-10-38-17)4-5-16(31)20(14)23(32)19(12)25(34)28(15,37)26(35)21(24(22)33)27(29)36;1-30(2)21-15-9-11-8-14-13(17-7-4-12(39-17)10-29-38-3)5-6-16(31)19(14)22(32)18(11)24(34)27(15,37)25(35)20(23(21)33)26(28)36;1-27(2)17-12-8-9-7-11-10(18(30)24(36)28(3)4)5-6-13(29)15(11)19(31)14(9)21(33)25(12,37)22(34)16(20(17)32)23(26)35;1-25(2)16-11-6-9-5-10-8(7-23)3-4-12(26)14(10)17(27)13(9)19(29)22(11,32)20(30)15(18(16)28)21(24)31/h3-6,9,12,15,22,31-32,35,37H,7-8,10H2,1-2H3,(H2,29,36);4-7,10-11,15,21,31-32,35,37H,8-9H2,1-3H3,(H2,28,36);5-6,9,12,17,29,31,34,37H,7-8H2,1-4H3,(H2,26,35);3-4,9,11,16,26-27,30,32H,5-6H2,1-2H3,(H2,24,31)/b;29-10+;;/t12-,15-,22+,28-;11-,15-,21?,27-;9-,12-,17?,25-;9-,11-,16-,22-/m0000/s1. The Morgan fingerprint density at radius 3 is 1.08 bits per heavy atom. The van der Waals surface area contributed by atoms with Crippen LogP contribution in [0.15, 0.2) is 156 Å². The van der Waals surface area contributed by atoms with E-state index in [0.29, 0.717) is 50.8 Å². The molecular weight excluding hydrogens is 1920 g/mol. The van der Waals surface area contributed by atoms with Crippen molar-refractivity contribution >= 4 is 111 Å². The molecule has 4 saturated carbocycles. The molecule has 1 aliphatic heterocycles. The summed E-state index contributed by atoms with van der Waals surface area (Å²) in [5, 5.41) is 190. The van der Waals surface area contributed by atoms with Crippen LogP contribution in [0.3, 0.4) is 0 Å². The first-order valence-corrected chi connectivity index (χ1v) is 45.7. The second kappa shape index (κ2) is 37.0. The van der Waals surface area contributed by atoms with Gasteiger partial charge in [-0.25, -0.2) is 0 Å². The third-order valence-electron chi connectivity index (χ3n) is 30.2. The Morgan fingerprint density at radius 1 is 0.415 bits per heavy atom. The largest absolute Gasteiger partial charge is 0.508 e. The number of oxime groups is 1. The van der Waals surface area contributed by atoms with Crippen LogP contribution in [-0.4, -0.2) is 325 Å². The SMILES string of the molecule is CN(C)C(=O)C(=O)c1ccc(O)c2c1C[C@H]1C[C@H]3C(N(C)C)C(=O)C(C(N)=O)=C(O)[C@@]3(O)C(=O)C1=C2O.CN(C)[C@@H]1C(=O)C(C(N)=O)=C(O)[C@@]2(O)C(=O)C3=C(O)c4c(O)ccc(C#N)c4C[C@H]3C[C@@H]12.CN(C)[C@H]1C(=O)C(C(N)=O)=C(O)[C@@]2(O)C(=O)C3=C(O)c4c(O)ccc(-c5ccc6c(c5)OCO6)c4C[C@H]3C[C@@H]12.CO/N=C/c1ccc(-c2ccc(O)c3c2C[C@H]2C[C@H]4C(N(C)C)C(=O)C(C(N)=O)=C(O)[C@@]4(O)C(=O)C2=C3O)o1. The Kier molecular flexibility index (Phi) is 26.0. The number of carbonyl (C=O) groups excluding carboxylic acids is 14. The second-order valence-corrected chi connectivity index (χ2v) is 39.1. The predicted octanol–water partition coefficient (Wildman–Crippen LogP) is 1.63. The predicted molar refractivity (Wildman–Crippen MR) is 509 cm³/mol. The lowest BCUT2D eigenvalue weighted by Crippen LogP contribution is -2.65. The highest BCUT2D eigenvalue weighted by Crippen LogP contribution is 2.60. The summed E-state index contributed by atoms with van der Waals surface area (Å²) in [6, 6.07) is 17.0. The molecule has 0 radical (unpaired) electrons. The van der Waals surface area contributed by atoms with Gasteiger partial charge in [-0.2, -0.15) is 5.26 Å². The fourth-order valence-corrected chi connectivity index (χ4v) is 23.8. The van der Waals surface area contributed by atoms with Crippen LogP contribution in [0, 0.1) is 58.7 Å². The molecule has 45 heteroatoms. The van der Waals surface area contributed by atoms with Crippen LogP contribution >= 0.6 is 0 Å². The maximum Gasteiger partial charge on any atom is 0.294 e. The van der Waals surface area contributed by atoms with Gasteiger partial charge in [-0.3, -0.25) is 86.7 Å². The monoisotopic (exact) mass is 2020 g/mol. The van der Waals surface area contributed by atoms with Crippen molar-refractivity contribution in [1.29, 1.82) is 5.26 Å². The minimum atomic E-state index is -2.76. The Hall–Kier alpha value is -16.5. The van der Waals surface area contributed by atoms with Crippen LogP contribution in [0.4, 0.5) is 0 Å². The molecule has 0 spiro atoms. The van der Waals surface area contributed by atoms with Crippen LogP contribution in [0.5, 0.6) is 34.5 Å². The number of likely N-dealkylation sites (N-methyl/N-ethyl adjacent to an activating group) is 5. The molecule has 13 aliphatic rings. The van der Waals surface area contributed by atoms with Crippen molar-refractivity contribution in [2.45, 2.75) is 97.9 Å². The number of furan rings is 1. The number of phenols is 4. The molecular formula is C102H101N11O34.